The highest BCUT2D eigenvalue weighted by Crippen LogP contribution is 2.28. The number of hydrogen-bond donors (Lipinski definition) is 1. The highest BCUT2D eigenvalue weighted by Gasteiger charge is 2.25. The molecule has 0 aromatic carbocycles. The molecule has 0 atom stereocenters. The summed E-state index contributed by atoms with van der Waals surface area (Å²) in [7, 11) is 0. The second-order valence-electron chi connectivity index (χ2n) is 4.87. The Hall–Kier alpha value is -2.38. The molecule has 2 aromatic heterocycles. The van der Waals surface area contributed by atoms with E-state index in [4.69, 9.17) is 4.42 Å². The van der Waals surface area contributed by atoms with Gasteiger partial charge < -0.3 is 9.73 Å². The molecule has 8 nitrogen and oxygen atoms in total. The maximum atomic E-state index is 11.2. The topological polar surface area (TPSA) is 99.0 Å². The Kier molecular flexibility index (Phi) is 4.25. The predicted octanol–water partition coefficient (Wildman–Crippen LogP) is 2.73. The largest absolute Gasteiger partial charge is 0.444 e. The van der Waals surface area contributed by atoms with E-state index >= 15 is 0 Å². The van der Waals surface area contributed by atoms with E-state index in [1.165, 1.54) is 0 Å². The molecular formula is C13H19N5O3. The van der Waals surface area contributed by atoms with Crippen molar-refractivity contribution in [3.05, 3.63) is 33.2 Å². The number of aryl methyl sites for hydroxylation is 4. The van der Waals surface area contributed by atoms with E-state index in [-0.39, 0.29) is 12.2 Å². The van der Waals surface area contributed by atoms with Gasteiger partial charge in [-0.1, -0.05) is 6.92 Å². The van der Waals surface area contributed by atoms with Gasteiger partial charge in [0, 0.05) is 6.54 Å². The van der Waals surface area contributed by atoms with Crippen LogP contribution < -0.4 is 5.32 Å². The fourth-order valence-electron chi connectivity index (χ4n) is 2.11. The Morgan fingerprint density at radius 2 is 2.05 bits per heavy atom. The van der Waals surface area contributed by atoms with Crippen LogP contribution in [0.5, 0.6) is 0 Å². The van der Waals surface area contributed by atoms with Crippen molar-refractivity contribution in [2.24, 2.45) is 0 Å². The Morgan fingerprint density at radius 1 is 1.33 bits per heavy atom. The number of nitrogens with one attached hydrogen (secondary N) is 1. The molecule has 0 spiro atoms. The van der Waals surface area contributed by atoms with Gasteiger partial charge in [-0.15, -0.1) is 0 Å². The SMILES string of the molecule is CCCn1nc(C)c([N+](=O)[O-])c1NCc1nc(C)c(C)o1. The number of hydrogen-bond acceptors (Lipinski definition) is 6. The quantitative estimate of drug-likeness (QED) is 0.649. The first-order valence-corrected chi connectivity index (χ1v) is 6.82. The van der Waals surface area contributed by atoms with Gasteiger partial charge in [0.05, 0.1) is 17.2 Å². The lowest BCUT2D eigenvalue weighted by Gasteiger charge is -2.06. The third-order valence-electron chi connectivity index (χ3n) is 3.19. The monoisotopic (exact) mass is 293 g/mol. The number of nitro groups is 1. The lowest BCUT2D eigenvalue weighted by molar-refractivity contribution is -0.384. The van der Waals surface area contributed by atoms with Crippen LogP contribution >= 0.6 is 0 Å². The van der Waals surface area contributed by atoms with Crippen LogP contribution in [0.1, 0.15) is 36.4 Å². The molecule has 2 heterocycles. The van der Waals surface area contributed by atoms with Gasteiger partial charge in [-0.05, 0) is 27.2 Å². The summed E-state index contributed by atoms with van der Waals surface area (Å²) in [6.45, 7) is 8.21. The molecule has 0 aliphatic heterocycles. The van der Waals surface area contributed by atoms with Crippen LogP contribution in [-0.2, 0) is 13.1 Å². The first kappa shape index (κ1) is 15.0. The fraction of sp³-hybridized carbons (Fsp3) is 0.538. The first-order chi connectivity index (χ1) is 9.93. The van der Waals surface area contributed by atoms with Crippen molar-refractivity contribution in [1.82, 2.24) is 14.8 Å². The maximum Gasteiger partial charge on any atom is 0.333 e. The van der Waals surface area contributed by atoms with Crippen molar-refractivity contribution in [2.75, 3.05) is 5.32 Å². The third-order valence-corrected chi connectivity index (χ3v) is 3.19. The lowest BCUT2D eigenvalue weighted by Crippen LogP contribution is -2.09. The van der Waals surface area contributed by atoms with Gasteiger partial charge in [0.2, 0.25) is 11.7 Å². The standard InChI is InChI=1S/C13H19N5O3/c1-5-6-17-13(12(18(19)20)9(3)16-17)14-7-11-15-8(2)10(4)21-11/h14H,5-7H2,1-4H3. The summed E-state index contributed by atoms with van der Waals surface area (Å²) < 4.78 is 7.09. The second-order valence-corrected chi connectivity index (χ2v) is 4.87. The number of aromatic nitrogens is 3. The van der Waals surface area contributed by atoms with E-state index < -0.39 is 4.92 Å². The van der Waals surface area contributed by atoms with Crippen molar-refractivity contribution in [3.8, 4) is 0 Å². The van der Waals surface area contributed by atoms with Gasteiger partial charge in [0.1, 0.15) is 11.5 Å². The van der Waals surface area contributed by atoms with Gasteiger partial charge in [-0.2, -0.15) is 5.10 Å². The molecule has 0 unspecified atom stereocenters. The lowest BCUT2D eigenvalue weighted by atomic mass is 10.3. The molecule has 0 aliphatic rings. The van der Waals surface area contributed by atoms with Crippen molar-refractivity contribution < 1.29 is 9.34 Å². The minimum Gasteiger partial charge on any atom is -0.444 e. The molecule has 0 bridgehead atoms. The van der Waals surface area contributed by atoms with Gasteiger partial charge in [0.15, 0.2) is 0 Å². The molecule has 21 heavy (non-hydrogen) atoms. The maximum absolute atomic E-state index is 11.2. The molecule has 8 heteroatoms. The summed E-state index contributed by atoms with van der Waals surface area (Å²) in [5.74, 6) is 1.65. The summed E-state index contributed by atoms with van der Waals surface area (Å²) in [5, 5.41) is 18.4. The van der Waals surface area contributed by atoms with Crippen molar-refractivity contribution in [3.63, 3.8) is 0 Å². The Morgan fingerprint density at radius 3 is 2.57 bits per heavy atom. The highest BCUT2D eigenvalue weighted by molar-refractivity contribution is 5.59. The zero-order valence-electron chi connectivity index (χ0n) is 12.6. The average Bonchev–Trinajstić information content (AvgIpc) is 2.88. The summed E-state index contributed by atoms with van der Waals surface area (Å²) in [5.41, 5.74) is 1.22. The molecule has 2 rings (SSSR count). The van der Waals surface area contributed by atoms with E-state index in [0.717, 1.165) is 17.9 Å². The predicted molar refractivity (Wildman–Crippen MR) is 77.2 cm³/mol. The average molecular weight is 293 g/mol. The van der Waals surface area contributed by atoms with Crippen molar-refractivity contribution in [1.29, 1.82) is 0 Å². The Bertz CT molecular complexity index is 640. The zero-order chi connectivity index (χ0) is 15.6. The summed E-state index contributed by atoms with van der Waals surface area (Å²) in [6.07, 6.45) is 0.837. The minimum absolute atomic E-state index is 0.00319. The van der Waals surface area contributed by atoms with E-state index in [2.05, 4.69) is 15.4 Å². The third kappa shape index (κ3) is 3.04. The number of oxazole rings is 1. The molecule has 1 N–H and O–H groups in total. The normalized spacial score (nSPS) is 10.9. The Labute approximate surface area is 122 Å². The van der Waals surface area contributed by atoms with Crippen LogP contribution in [0.15, 0.2) is 4.42 Å². The van der Waals surface area contributed by atoms with E-state index in [0.29, 0.717) is 23.9 Å². The highest BCUT2D eigenvalue weighted by atomic mass is 16.6. The van der Waals surface area contributed by atoms with Crippen LogP contribution in [0.4, 0.5) is 11.5 Å². The van der Waals surface area contributed by atoms with Gasteiger partial charge in [-0.3, -0.25) is 10.1 Å². The van der Waals surface area contributed by atoms with Crippen LogP contribution in [0.3, 0.4) is 0 Å². The van der Waals surface area contributed by atoms with Gasteiger partial charge >= 0.3 is 5.69 Å². The molecule has 2 aromatic rings. The molecule has 0 amide bonds. The number of anilines is 1. The molecule has 0 radical (unpaired) electrons. The smallest absolute Gasteiger partial charge is 0.333 e. The Balaban J connectivity index is 2.26. The van der Waals surface area contributed by atoms with Crippen molar-refractivity contribution >= 4 is 11.5 Å². The minimum atomic E-state index is -0.414. The summed E-state index contributed by atoms with van der Waals surface area (Å²) in [4.78, 5) is 15.0. The molecule has 0 fully saturated rings. The molecular weight excluding hydrogens is 274 g/mol. The zero-order valence-corrected chi connectivity index (χ0v) is 12.6. The molecule has 114 valence electrons. The van der Waals surface area contributed by atoms with Crippen LogP contribution in [0.2, 0.25) is 0 Å². The number of rotatable bonds is 6. The van der Waals surface area contributed by atoms with Crippen LogP contribution in [0.25, 0.3) is 0 Å². The fourth-order valence-corrected chi connectivity index (χ4v) is 2.11. The first-order valence-electron chi connectivity index (χ1n) is 6.82. The summed E-state index contributed by atoms with van der Waals surface area (Å²) >= 11 is 0. The van der Waals surface area contributed by atoms with Crippen LogP contribution in [0, 0.1) is 30.9 Å². The van der Waals surface area contributed by atoms with E-state index in [1.807, 2.05) is 20.8 Å². The van der Waals surface area contributed by atoms with E-state index in [9.17, 15) is 10.1 Å². The van der Waals surface area contributed by atoms with Crippen LogP contribution in [-0.4, -0.2) is 19.7 Å². The van der Waals surface area contributed by atoms with Gasteiger partial charge in [-0.25, -0.2) is 9.67 Å². The summed E-state index contributed by atoms with van der Waals surface area (Å²) in [6, 6.07) is 0. The second kappa shape index (κ2) is 5.94. The van der Waals surface area contributed by atoms with Gasteiger partial charge in [0.25, 0.3) is 0 Å². The molecule has 0 saturated heterocycles. The number of nitrogens with zero attached hydrogens (tertiary/aromatic N) is 4. The molecule has 0 saturated carbocycles. The van der Waals surface area contributed by atoms with E-state index in [1.54, 1.807) is 11.6 Å². The van der Waals surface area contributed by atoms with Crippen molar-refractivity contribution in [2.45, 2.75) is 47.2 Å². The molecule has 0 aliphatic carbocycles.